The van der Waals surface area contributed by atoms with E-state index in [1.807, 2.05) is 0 Å². The fraction of sp³-hybridized carbons (Fsp3) is 0.211. The van der Waals surface area contributed by atoms with E-state index in [-0.39, 0.29) is 18.7 Å². The number of amides is 1. The first kappa shape index (κ1) is 19.2. The van der Waals surface area contributed by atoms with Crippen LogP contribution in [-0.2, 0) is 11.0 Å². The third kappa shape index (κ3) is 5.74. The summed E-state index contributed by atoms with van der Waals surface area (Å²) in [7, 11) is 1.52. The molecule has 0 aliphatic rings. The van der Waals surface area contributed by atoms with E-state index in [1.165, 1.54) is 25.3 Å². The van der Waals surface area contributed by atoms with Gasteiger partial charge in [0.25, 0.3) is 5.91 Å². The summed E-state index contributed by atoms with van der Waals surface area (Å²) in [5.74, 6) is 5.54. The fourth-order valence-corrected chi connectivity index (χ4v) is 2.01. The van der Waals surface area contributed by atoms with Gasteiger partial charge in [0.05, 0.1) is 19.2 Å². The van der Waals surface area contributed by atoms with Crippen LogP contribution in [0.25, 0.3) is 0 Å². The Kier molecular flexibility index (Phi) is 6.50. The first-order valence-electron chi connectivity index (χ1n) is 7.59. The van der Waals surface area contributed by atoms with Crippen LogP contribution in [0.4, 0.5) is 13.2 Å². The molecule has 4 nitrogen and oxygen atoms in total. The Morgan fingerprint density at radius 1 is 1.12 bits per heavy atom. The van der Waals surface area contributed by atoms with Crippen molar-refractivity contribution in [1.82, 2.24) is 5.32 Å². The molecule has 26 heavy (non-hydrogen) atoms. The summed E-state index contributed by atoms with van der Waals surface area (Å²) >= 11 is 0. The standard InChI is InChI=1S/C19H16F3NO3/c1-25-15-8-4-9-16(12-15)26-13-18(24)23-11-5-7-14-6-2-3-10-17(14)19(20,21)22/h2-4,6,8-10,12H,11,13H2,1H3,(H,23,24). The number of benzene rings is 2. The first-order valence-corrected chi connectivity index (χ1v) is 7.59. The van der Waals surface area contributed by atoms with Crippen molar-refractivity contribution in [2.45, 2.75) is 6.18 Å². The molecule has 0 radical (unpaired) electrons. The van der Waals surface area contributed by atoms with Crippen molar-refractivity contribution in [3.05, 3.63) is 59.7 Å². The zero-order valence-corrected chi connectivity index (χ0v) is 13.9. The minimum absolute atomic E-state index is 0.0908. The third-order valence-electron chi connectivity index (χ3n) is 3.24. The smallest absolute Gasteiger partial charge is 0.417 e. The molecule has 0 aliphatic heterocycles. The van der Waals surface area contributed by atoms with Crippen molar-refractivity contribution in [2.75, 3.05) is 20.3 Å². The van der Waals surface area contributed by atoms with Crippen LogP contribution in [0.2, 0.25) is 0 Å². The monoisotopic (exact) mass is 363 g/mol. The van der Waals surface area contributed by atoms with Gasteiger partial charge in [-0.1, -0.05) is 30.0 Å². The molecule has 0 heterocycles. The topological polar surface area (TPSA) is 47.6 Å². The summed E-state index contributed by atoms with van der Waals surface area (Å²) in [6.45, 7) is -0.333. The van der Waals surface area contributed by atoms with E-state index >= 15 is 0 Å². The largest absolute Gasteiger partial charge is 0.497 e. The highest BCUT2D eigenvalue weighted by molar-refractivity contribution is 5.77. The molecule has 0 fully saturated rings. The summed E-state index contributed by atoms with van der Waals surface area (Å²) < 4.78 is 48.9. The molecule has 2 rings (SSSR count). The number of rotatable bonds is 5. The van der Waals surface area contributed by atoms with Crippen LogP contribution < -0.4 is 14.8 Å². The molecule has 1 amide bonds. The van der Waals surface area contributed by atoms with Crippen LogP contribution in [0.15, 0.2) is 48.5 Å². The molecule has 2 aromatic rings. The zero-order valence-electron chi connectivity index (χ0n) is 13.9. The highest BCUT2D eigenvalue weighted by Gasteiger charge is 2.32. The third-order valence-corrected chi connectivity index (χ3v) is 3.24. The molecule has 7 heteroatoms. The Balaban J connectivity index is 1.85. The highest BCUT2D eigenvalue weighted by Crippen LogP contribution is 2.31. The van der Waals surface area contributed by atoms with Crippen LogP contribution in [0.3, 0.4) is 0 Å². The van der Waals surface area contributed by atoms with E-state index in [0.717, 1.165) is 6.07 Å². The number of alkyl halides is 3. The number of hydrogen-bond acceptors (Lipinski definition) is 3. The van der Waals surface area contributed by atoms with Crippen LogP contribution in [-0.4, -0.2) is 26.2 Å². The molecular formula is C19H16F3NO3. The van der Waals surface area contributed by atoms with Crippen molar-refractivity contribution in [3.8, 4) is 23.3 Å². The number of nitrogens with one attached hydrogen (secondary N) is 1. The predicted molar refractivity (Wildman–Crippen MR) is 89.8 cm³/mol. The molecular weight excluding hydrogens is 347 g/mol. The van der Waals surface area contributed by atoms with E-state index in [4.69, 9.17) is 9.47 Å². The van der Waals surface area contributed by atoms with Crippen LogP contribution in [0, 0.1) is 11.8 Å². The number of hydrogen-bond donors (Lipinski definition) is 1. The predicted octanol–water partition coefficient (Wildman–Crippen LogP) is 3.26. The highest BCUT2D eigenvalue weighted by atomic mass is 19.4. The molecule has 1 N–H and O–H groups in total. The van der Waals surface area contributed by atoms with Gasteiger partial charge >= 0.3 is 6.18 Å². The first-order chi connectivity index (χ1) is 12.4. The molecule has 0 aromatic heterocycles. The quantitative estimate of drug-likeness (QED) is 0.830. The molecule has 0 bridgehead atoms. The Labute approximate surface area is 148 Å². The molecule has 136 valence electrons. The summed E-state index contributed by atoms with van der Waals surface area (Å²) in [6.07, 6.45) is -4.47. The Bertz CT molecular complexity index is 823. The number of ether oxygens (including phenoxy) is 2. The normalized spacial score (nSPS) is 10.5. The maximum absolute atomic E-state index is 12.8. The van der Waals surface area contributed by atoms with Gasteiger partial charge in [-0.2, -0.15) is 13.2 Å². The van der Waals surface area contributed by atoms with Gasteiger partial charge in [0.1, 0.15) is 11.5 Å². The number of carbonyl (C=O) groups excluding carboxylic acids is 1. The molecule has 0 saturated heterocycles. The second kappa shape index (κ2) is 8.81. The summed E-state index contributed by atoms with van der Waals surface area (Å²) in [6, 6.07) is 11.8. The molecule has 0 spiro atoms. The molecule has 2 aromatic carbocycles. The lowest BCUT2D eigenvalue weighted by atomic mass is 10.1. The summed E-state index contributed by atoms with van der Waals surface area (Å²) in [5.41, 5.74) is -0.943. The maximum atomic E-state index is 12.8. The number of carbonyl (C=O) groups is 1. The SMILES string of the molecule is COc1cccc(OCC(=O)NCC#Cc2ccccc2C(F)(F)F)c1. The maximum Gasteiger partial charge on any atom is 0.417 e. The molecule has 0 unspecified atom stereocenters. The van der Waals surface area contributed by atoms with Gasteiger partial charge in [-0.15, -0.1) is 0 Å². The molecule has 0 atom stereocenters. The van der Waals surface area contributed by atoms with Gasteiger partial charge in [0.15, 0.2) is 6.61 Å². The van der Waals surface area contributed by atoms with Crippen LogP contribution in [0.5, 0.6) is 11.5 Å². The van der Waals surface area contributed by atoms with Gasteiger partial charge in [-0.05, 0) is 24.3 Å². The minimum Gasteiger partial charge on any atom is -0.497 e. The van der Waals surface area contributed by atoms with Crippen LogP contribution >= 0.6 is 0 Å². The van der Waals surface area contributed by atoms with Crippen molar-refractivity contribution >= 4 is 5.91 Å². The second-order valence-corrected chi connectivity index (χ2v) is 5.09. The van der Waals surface area contributed by atoms with Gasteiger partial charge in [0, 0.05) is 11.6 Å². The Morgan fingerprint density at radius 3 is 2.58 bits per heavy atom. The lowest BCUT2D eigenvalue weighted by Crippen LogP contribution is -2.29. The van der Waals surface area contributed by atoms with E-state index in [1.54, 1.807) is 24.3 Å². The Morgan fingerprint density at radius 2 is 1.85 bits per heavy atom. The zero-order chi connectivity index (χ0) is 19.0. The Hall–Kier alpha value is -3.14. The van der Waals surface area contributed by atoms with Crippen molar-refractivity contribution in [2.24, 2.45) is 0 Å². The van der Waals surface area contributed by atoms with Crippen molar-refractivity contribution < 1.29 is 27.4 Å². The number of methoxy groups -OCH3 is 1. The van der Waals surface area contributed by atoms with Gasteiger partial charge in [0.2, 0.25) is 0 Å². The second-order valence-electron chi connectivity index (χ2n) is 5.09. The lowest BCUT2D eigenvalue weighted by molar-refractivity contribution is -0.137. The van der Waals surface area contributed by atoms with Gasteiger partial charge < -0.3 is 14.8 Å². The molecule has 0 saturated carbocycles. The average Bonchev–Trinajstić information content (AvgIpc) is 2.63. The van der Waals surface area contributed by atoms with Gasteiger partial charge in [-0.25, -0.2) is 0 Å². The van der Waals surface area contributed by atoms with E-state index in [2.05, 4.69) is 17.2 Å². The van der Waals surface area contributed by atoms with Crippen LogP contribution in [0.1, 0.15) is 11.1 Å². The van der Waals surface area contributed by atoms with Gasteiger partial charge in [-0.3, -0.25) is 4.79 Å². The minimum atomic E-state index is -4.47. The van der Waals surface area contributed by atoms with E-state index < -0.39 is 17.6 Å². The molecule has 0 aliphatic carbocycles. The summed E-state index contributed by atoms with van der Waals surface area (Å²) in [5, 5.41) is 2.46. The van der Waals surface area contributed by atoms with Crippen molar-refractivity contribution in [1.29, 1.82) is 0 Å². The summed E-state index contributed by atoms with van der Waals surface area (Å²) in [4.78, 5) is 11.7. The average molecular weight is 363 g/mol. The number of halogens is 3. The van der Waals surface area contributed by atoms with E-state index in [0.29, 0.717) is 11.5 Å². The fourth-order valence-electron chi connectivity index (χ4n) is 2.01. The van der Waals surface area contributed by atoms with Crippen molar-refractivity contribution in [3.63, 3.8) is 0 Å². The van der Waals surface area contributed by atoms with E-state index in [9.17, 15) is 18.0 Å². The lowest BCUT2D eigenvalue weighted by Gasteiger charge is -2.08.